The van der Waals surface area contributed by atoms with E-state index in [1.807, 2.05) is 30.3 Å². The van der Waals surface area contributed by atoms with Crippen molar-refractivity contribution in [3.05, 3.63) is 60.2 Å². The summed E-state index contributed by atoms with van der Waals surface area (Å²) in [5, 5.41) is 0. The van der Waals surface area contributed by atoms with E-state index >= 15 is 0 Å². The zero-order valence-electron chi connectivity index (χ0n) is 18.7. The third-order valence-electron chi connectivity index (χ3n) is 6.54. The number of carbonyl (C=O) groups is 1. The maximum absolute atomic E-state index is 13.3. The normalized spacial score (nSPS) is 19.2. The van der Waals surface area contributed by atoms with Crippen molar-refractivity contribution in [2.75, 3.05) is 31.6 Å². The number of halogens is 3. The molecule has 1 spiro atoms. The summed E-state index contributed by atoms with van der Waals surface area (Å²) in [6.45, 7) is 1.16. The fourth-order valence-corrected chi connectivity index (χ4v) is 5.97. The smallest absolute Gasteiger partial charge is 0.406 e. The van der Waals surface area contributed by atoms with Gasteiger partial charge in [0, 0.05) is 38.9 Å². The molecule has 1 amide bonds. The molecule has 4 rings (SSSR count). The van der Waals surface area contributed by atoms with Gasteiger partial charge in [0.1, 0.15) is 5.75 Å². The van der Waals surface area contributed by atoms with Crippen LogP contribution in [0.15, 0.2) is 54.6 Å². The molecule has 2 saturated heterocycles. The second kappa shape index (κ2) is 9.20. The van der Waals surface area contributed by atoms with Crippen LogP contribution >= 0.6 is 0 Å². The number of carbonyl (C=O) groups excluding carboxylic acids is 1. The molecule has 184 valence electrons. The Morgan fingerprint density at radius 2 is 1.56 bits per heavy atom. The summed E-state index contributed by atoms with van der Waals surface area (Å²) in [7, 11) is -2.13. The number of ether oxygens (including phenoxy) is 1. The first-order valence-electron chi connectivity index (χ1n) is 10.9. The van der Waals surface area contributed by atoms with Crippen molar-refractivity contribution in [3.63, 3.8) is 0 Å². The van der Waals surface area contributed by atoms with Gasteiger partial charge in [0.25, 0.3) is 10.2 Å². The van der Waals surface area contributed by atoms with Crippen LogP contribution in [-0.2, 0) is 21.5 Å². The van der Waals surface area contributed by atoms with Gasteiger partial charge in [-0.1, -0.05) is 30.3 Å². The lowest BCUT2D eigenvalue weighted by molar-refractivity contribution is -0.274. The summed E-state index contributed by atoms with van der Waals surface area (Å²) in [4.78, 5) is 14.8. The Morgan fingerprint density at radius 3 is 2.15 bits per heavy atom. The molecule has 0 N–H and O–H groups in total. The van der Waals surface area contributed by atoms with Crippen LogP contribution < -0.4 is 9.64 Å². The molecule has 0 atom stereocenters. The van der Waals surface area contributed by atoms with E-state index in [0.29, 0.717) is 31.5 Å². The van der Waals surface area contributed by atoms with Crippen LogP contribution in [0.3, 0.4) is 0 Å². The number of piperidine rings is 1. The molecule has 0 aromatic heterocycles. The van der Waals surface area contributed by atoms with Crippen molar-refractivity contribution in [1.82, 2.24) is 8.61 Å². The van der Waals surface area contributed by atoms with Crippen LogP contribution in [0.1, 0.15) is 24.8 Å². The van der Waals surface area contributed by atoms with Crippen LogP contribution in [0.5, 0.6) is 5.75 Å². The molecule has 0 radical (unpaired) electrons. The van der Waals surface area contributed by atoms with Crippen LogP contribution in [0.25, 0.3) is 0 Å². The van der Waals surface area contributed by atoms with Crippen molar-refractivity contribution >= 4 is 21.8 Å². The van der Waals surface area contributed by atoms with Crippen molar-refractivity contribution in [3.8, 4) is 5.75 Å². The molecule has 7 nitrogen and oxygen atoms in total. The second-order valence-electron chi connectivity index (χ2n) is 8.68. The summed E-state index contributed by atoms with van der Waals surface area (Å²) < 4.78 is 69.9. The molecular formula is C23H26F3N3O4S. The number of hydrogen-bond acceptors (Lipinski definition) is 4. The summed E-state index contributed by atoms with van der Waals surface area (Å²) in [5.41, 5.74) is 0.717. The standard InChI is InChI=1S/C23H26F3N3O4S/c1-27(17-18-5-3-2-4-6-18)34(31,32)28-14-11-22(12-15-28)13-16-29(21(22)30)19-7-9-20(10-8-19)33-23(24,25)26/h2-10H,11-17H2,1H3. The first-order chi connectivity index (χ1) is 16.0. The highest BCUT2D eigenvalue weighted by Crippen LogP contribution is 2.44. The molecule has 34 heavy (non-hydrogen) atoms. The van der Waals surface area contributed by atoms with Crippen LogP contribution in [0, 0.1) is 5.41 Å². The van der Waals surface area contributed by atoms with Gasteiger partial charge >= 0.3 is 6.36 Å². The molecule has 11 heteroatoms. The molecule has 0 bridgehead atoms. The highest BCUT2D eigenvalue weighted by Gasteiger charge is 2.50. The first-order valence-corrected chi connectivity index (χ1v) is 12.3. The van der Waals surface area contributed by atoms with E-state index in [-0.39, 0.29) is 31.3 Å². The topological polar surface area (TPSA) is 70.2 Å². The summed E-state index contributed by atoms with van der Waals surface area (Å²) in [6.07, 6.45) is -3.41. The number of alkyl halides is 3. The first kappa shape index (κ1) is 24.5. The predicted molar refractivity (Wildman–Crippen MR) is 120 cm³/mol. The minimum Gasteiger partial charge on any atom is -0.406 e. The third-order valence-corrected chi connectivity index (χ3v) is 8.48. The Balaban J connectivity index is 1.39. The molecule has 2 aliphatic heterocycles. The molecule has 0 aliphatic carbocycles. The minimum atomic E-state index is -4.78. The van der Waals surface area contributed by atoms with Gasteiger partial charge in [-0.05, 0) is 49.1 Å². The number of rotatable bonds is 6. The van der Waals surface area contributed by atoms with Crippen LogP contribution in [-0.4, -0.2) is 56.0 Å². The molecule has 0 saturated carbocycles. The molecule has 2 aromatic carbocycles. The largest absolute Gasteiger partial charge is 0.573 e. The fourth-order valence-electron chi connectivity index (χ4n) is 4.62. The lowest BCUT2D eigenvalue weighted by Crippen LogP contribution is -2.50. The quantitative estimate of drug-likeness (QED) is 0.609. The average molecular weight is 498 g/mol. The molecular weight excluding hydrogens is 471 g/mol. The van der Waals surface area contributed by atoms with E-state index in [1.165, 1.54) is 32.9 Å². The monoisotopic (exact) mass is 497 g/mol. The maximum Gasteiger partial charge on any atom is 0.573 e. The number of hydrogen-bond donors (Lipinski definition) is 0. The Morgan fingerprint density at radius 1 is 0.971 bits per heavy atom. The van der Waals surface area contributed by atoms with Crippen molar-refractivity contribution in [1.29, 1.82) is 0 Å². The summed E-state index contributed by atoms with van der Waals surface area (Å²) in [6, 6.07) is 14.5. The SMILES string of the molecule is CN(Cc1ccccc1)S(=O)(=O)N1CCC2(CCN(c3ccc(OC(F)(F)F)cc3)C2=O)CC1. The summed E-state index contributed by atoms with van der Waals surface area (Å²) >= 11 is 0. The van der Waals surface area contributed by atoms with Crippen molar-refractivity contribution in [2.45, 2.75) is 32.2 Å². The number of nitrogens with zero attached hydrogens (tertiary/aromatic N) is 3. The molecule has 2 aliphatic rings. The summed E-state index contributed by atoms with van der Waals surface area (Å²) in [5.74, 6) is -0.470. The molecule has 2 heterocycles. The Kier molecular flexibility index (Phi) is 6.63. The number of benzene rings is 2. The van der Waals surface area contributed by atoms with Gasteiger partial charge in [0.15, 0.2) is 0 Å². The highest BCUT2D eigenvalue weighted by molar-refractivity contribution is 7.86. The van der Waals surface area contributed by atoms with Gasteiger partial charge in [-0.2, -0.15) is 17.0 Å². The van der Waals surface area contributed by atoms with Gasteiger partial charge in [0.05, 0.1) is 5.41 Å². The van der Waals surface area contributed by atoms with Crippen LogP contribution in [0.2, 0.25) is 0 Å². The van der Waals surface area contributed by atoms with Gasteiger partial charge in [-0.25, -0.2) is 0 Å². The Labute approximate surface area is 196 Å². The van der Waals surface area contributed by atoms with Crippen molar-refractivity contribution in [2.24, 2.45) is 5.41 Å². The van der Waals surface area contributed by atoms with E-state index in [0.717, 1.165) is 5.56 Å². The van der Waals surface area contributed by atoms with Gasteiger partial charge < -0.3 is 9.64 Å². The van der Waals surface area contributed by atoms with Gasteiger partial charge in [0.2, 0.25) is 5.91 Å². The molecule has 2 fully saturated rings. The molecule has 2 aromatic rings. The van der Waals surface area contributed by atoms with Crippen molar-refractivity contribution < 1.29 is 31.1 Å². The Hall–Kier alpha value is -2.63. The van der Waals surface area contributed by atoms with E-state index in [2.05, 4.69) is 4.74 Å². The van der Waals surface area contributed by atoms with E-state index in [9.17, 15) is 26.4 Å². The van der Waals surface area contributed by atoms with Gasteiger partial charge in [-0.3, -0.25) is 4.79 Å². The fraction of sp³-hybridized carbons (Fsp3) is 0.435. The third kappa shape index (κ3) is 5.06. The lowest BCUT2D eigenvalue weighted by atomic mass is 9.77. The Bertz CT molecular complexity index is 1120. The van der Waals surface area contributed by atoms with E-state index in [1.54, 1.807) is 11.9 Å². The predicted octanol–water partition coefficient (Wildman–Crippen LogP) is 3.78. The van der Waals surface area contributed by atoms with Crippen LogP contribution in [0.4, 0.5) is 18.9 Å². The molecule has 0 unspecified atom stereocenters. The minimum absolute atomic E-state index is 0.119. The highest BCUT2D eigenvalue weighted by atomic mass is 32.2. The van der Waals surface area contributed by atoms with E-state index in [4.69, 9.17) is 0 Å². The second-order valence-corrected chi connectivity index (χ2v) is 10.7. The number of amides is 1. The zero-order chi connectivity index (χ0) is 24.6. The maximum atomic E-state index is 13.3. The number of anilines is 1. The van der Waals surface area contributed by atoms with E-state index < -0.39 is 22.0 Å². The zero-order valence-corrected chi connectivity index (χ0v) is 19.5. The lowest BCUT2D eigenvalue weighted by Gasteiger charge is -2.38. The van der Waals surface area contributed by atoms with Gasteiger partial charge in [-0.15, -0.1) is 13.2 Å². The average Bonchev–Trinajstić information content (AvgIpc) is 3.10.